The fraction of sp³-hybridized carbons (Fsp3) is 0.500. The van der Waals surface area contributed by atoms with Crippen LogP contribution in [0.15, 0.2) is 97.1 Å². The molecule has 0 atom stereocenters. The zero-order valence-corrected chi connectivity index (χ0v) is 55.6. The first-order valence-corrected chi connectivity index (χ1v) is 36.1. The Kier molecular flexibility index (Phi) is 28.2. The van der Waals surface area contributed by atoms with Crippen LogP contribution in [0.3, 0.4) is 0 Å². The average Bonchev–Trinajstić information content (AvgIpc) is 4.10. The Hall–Kier alpha value is -1.38. The van der Waals surface area contributed by atoms with Crippen LogP contribution in [0, 0.1) is 24.3 Å². The number of allylic oxidation sites excluding steroid dienone is 8. The molecule has 0 fully saturated rings. The Labute approximate surface area is 473 Å². The van der Waals surface area contributed by atoms with Crippen LogP contribution in [-0.4, -0.2) is 10.9 Å². The molecular formula is C64H88Cl2Si2Zr2-2. The van der Waals surface area contributed by atoms with Crippen LogP contribution in [0.2, 0.25) is 22.2 Å². The van der Waals surface area contributed by atoms with E-state index in [-0.39, 0.29) is 57.3 Å². The first-order valence-electron chi connectivity index (χ1n) is 25.4. The molecule has 0 spiro atoms. The molecule has 4 aliphatic carbocycles. The molecule has 70 heavy (non-hydrogen) atoms. The van der Waals surface area contributed by atoms with Crippen LogP contribution < -0.4 is 24.8 Å². The predicted molar refractivity (Wildman–Crippen MR) is 297 cm³/mol. The molecule has 4 aliphatic rings. The number of fused-ring (bicyclic) bond motifs is 6. The summed E-state index contributed by atoms with van der Waals surface area (Å²) in [5, 5.41) is 0. The van der Waals surface area contributed by atoms with Gasteiger partial charge < -0.3 is 24.8 Å². The molecule has 8 rings (SSSR count). The monoisotopic (exact) mass is 1160 g/mol. The Bertz CT molecular complexity index is 2100. The molecule has 0 heterocycles. The number of halogens is 2. The van der Waals surface area contributed by atoms with Crippen molar-refractivity contribution < 1.29 is 71.5 Å². The Morgan fingerprint density at radius 1 is 0.429 bits per heavy atom. The molecule has 0 saturated carbocycles. The van der Waals surface area contributed by atoms with Gasteiger partial charge in [0.25, 0.3) is 0 Å². The molecule has 0 aromatic heterocycles. The Morgan fingerprint density at radius 2 is 0.714 bits per heavy atom. The fourth-order valence-electron chi connectivity index (χ4n) is 7.98. The molecule has 4 aromatic rings. The molecule has 0 nitrogen and oxygen atoms in total. The third-order valence-corrected chi connectivity index (χ3v) is 34.7. The summed E-state index contributed by atoms with van der Waals surface area (Å²) in [6.07, 6.45) is 22.1. The van der Waals surface area contributed by atoms with E-state index in [2.05, 4.69) is 236 Å². The minimum atomic E-state index is 0. The van der Waals surface area contributed by atoms with Crippen LogP contribution in [-0.2, 0) is 81.2 Å². The van der Waals surface area contributed by atoms with Crippen molar-refractivity contribution in [3.05, 3.63) is 166 Å². The number of rotatable bonds is 4. The summed E-state index contributed by atoms with van der Waals surface area (Å²) in [6.45, 7) is 46.1. The molecule has 0 saturated heterocycles. The van der Waals surface area contributed by atoms with Gasteiger partial charge in [0.15, 0.2) is 0 Å². The third kappa shape index (κ3) is 21.1. The van der Waals surface area contributed by atoms with Crippen molar-refractivity contribution in [2.24, 2.45) is 0 Å². The third-order valence-electron chi connectivity index (χ3n) is 12.7. The maximum atomic E-state index is 3.53. The zero-order chi connectivity index (χ0) is 51.4. The van der Waals surface area contributed by atoms with E-state index in [4.69, 9.17) is 0 Å². The van der Waals surface area contributed by atoms with Gasteiger partial charge in [0, 0.05) is 0 Å². The summed E-state index contributed by atoms with van der Waals surface area (Å²) in [5.41, 5.74) is 21.6. The molecule has 376 valence electrons. The largest absolute Gasteiger partial charge is 1.00 e. The van der Waals surface area contributed by atoms with Crippen LogP contribution >= 0.6 is 0 Å². The van der Waals surface area contributed by atoms with E-state index >= 15 is 0 Å². The van der Waals surface area contributed by atoms with Gasteiger partial charge in [-0.1, -0.05) is 153 Å². The van der Waals surface area contributed by atoms with Crippen LogP contribution in [0.5, 0.6) is 0 Å². The predicted octanol–water partition coefficient (Wildman–Crippen LogP) is 12.6. The second-order valence-electron chi connectivity index (χ2n) is 24.2. The van der Waals surface area contributed by atoms with Gasteiger partial charge in [-0.25, -0.2) is 24.3 Å². The molecule has 0 amide bonds. The topological polar surface area (TPSA) is 0 Å². The van der Waals surface area contributed by atoms with Crippen molar-refractivity contribution in [3.8, 4) is 22.3 Å². The van der Waals surface area contributed by atoms with E-state index < -0.39 is 0 Å². The summed E-state index contributed by atoms with van der Waals surface area (Å²) in [6, 6.07) is 30.1. The number of hydrogen-bond donors (Lipinski definition) is 0. The molecule has 0 N–H and O–H groups in total. The summed E-state index contributed by atoms with van der Waals surface area (Å²) in [5.74, 6) is 0. The van der Waals surface area contributed by atoms with Crippen molar-refractivity contribution in [2.45, 2.75) is 208 Å². The maximum Gasteiger partial charge on any atom is -0.109 e. The van der Waals surface area contributed by atoms with E-state index in [1.807, 2.05) is 24.3 Å². The smallest absolute Gasteiger partial charge is 0.109 e. The quantitative estimate of drug-likeness (QED) is 0.122. The van der Waals surface area contributed by atoms with Crippen LogP contribution in [0.4, 0.5) is 0 Å². The van der Waals surface area contributed by atoms with Gasteiger partial charge in [-0.3, -0.25) is 12.2 Å². The van der Waals surface area contributed by atoms with Crippen LogP contribution in [0.25, 0.3) is 22.3 Å². The Balaban J connectivity index is 0.000000461. The van der Waals surface area contributed by atoms with Gasteiger partial charge in [-0.05, 0) is 34.8 Å². The normalized spacial score (nSPS) is 13.4. The van der Waals surface area contributed by atoms with Gasteiger partial charge in [0.1, 0.15) is 0 Å². The molecule has 0 radical (unpaired) electrons. The summed E-state index contributed by atoms with van der Waals surface area (Å²) < 4.78 is 0. The first kappa shape index (κ1) is 66.6. The molecule has 4 aromatic carbocycles. The molecule has 0 unspecified atom stereocenters. The second-order valence-corrected chi connectivity index (χ2v) is 39.1. The summed E-state index contributed by atoms with van der Waals surface area (Å²) in [7, 11) is 0. The summed E-state index contributed by atoms with van der Waals surface area (Å²) in [4.78, 5) is 0. The minimum absolute atomic E-state index is 0. The van der Waals surface area contributed by atoms with Crippen molar-refractivity contribution >= 4 is 10.9 Å². The van der Waals surface area contributed by atoms with Gasteiger partial charge in [-0.15, -0.1) is 24.0 Å². The molecule has 0 bridgehead atoms. The number of hydrogen-bond acceptors (Lipinski definition) is 0. The molecular weight excluding hydrogens is 1080 g/mol. The van der Waals surface area contributed by atoms with E-state index in [1.54, 1.807) is 46.7 Å². The van der Waals surface area contributed by atoms with E-state index in [0.29, 0.717) is 0 Å². The fourth-order valence-corrected chi connectivity index (χ4v) is 10.6. The molecule has 0 aliphatic heterocycles. The first-order chi connectivity index (χ1) is 31.4. The minimum Gasteiger partial charge on any atom is -1.00 e. The maximum absolute atomic E-state index is 3.53. The second kappa shape index (κ2) is 29.6. The van der Waals surface area contributed by atoms with Gasteiger partial charge in [0.2, 0.25) is 0 Å². The number of benzene rings is 4. The van der Waals surface area contributed by atoms with E-state index in [1.165, 1.54) is 66.8 Å². The van der Waals surface area contributed by atoms with Crippen molar-refractivity contribution in [1.82, 2.24) is 0 Å². The van der Waals surface area contributed by atoms with E-state index in [9.17, 15) is 0 Å². The van der Waals surface area contributed by atoms with Crippen molar-refractivity contribution in [1.29, 1.82) is 0 Å². The van der Waals surface area contributed by atoms with Gasteiger partial charge in [-0.2, -0.15) is 70.8 Å². The summed E-state index contributed by atoms with van der Waals surface area (Å²) >= 11 is 3.59. The van der Waals surface area contributed by atoms with Crippen molar-refractivity contribution in [2.75, 3.05) is 0 Å². The van der Waals surface area contributed by atoms with Crippen LogP contribution in [0.1, 0.15) is 196 Å². The zero-order valence-electron chi connectivity index (χ0n) is 47.1. The molecule has 6 heteroatoms. The standard InChI is InChI=1S/2C21H25.2C6H14Si.2C5H5.2ClH.2Zr/c2*1-20(2,3)16-9-7-14-11-15-8-10-17(21(4,5)6)13-19(15)18(14)12-16;2*1-5(2)7-6(3)4;2*1-2-4-5-3-1;;;;/h2*7,9-10,12-13H,11H2,1-6H3;2*5-6H,1-4H3;2*1-3H,4H2;2*1H;;/q2*-1;;;2*-1;;;2*+2/p-2. The van der Waals surface area contributed by atoms with E-state index in [0.717, 1.165) is 47.8 Å². The van der Waals surface area contributed by atoms with Gasteiger partial charge >= 0.3 is 135 Å². The average molecular weight is 1170 g/mol. The SMILES string of the molecule is CC(C)(C)c1c[c-]c2c(c1)-c1cc(C(C)(C)C)ccc1C2.CC(C)(C)c1c[c-]c2c(c1)-c1cc(C(C)(C)C)ccc1C2.CC(C)[Si](=[Zr+2])C(C)C.CC(C)[Si](=[Zr+2])C(C)C.[C-]1=CC=CC1.[C-]1=CC=CC1.[Cl-].[Cl-]. The Morgan fingerprint density at radius 3 is 0.914 bits per heavy atom. The van der Waals surface area contributed by atoms with Gasteiger partial charge in [0.05, 0.1) is 0 Å². The van der Waals surface area contributed by atoms with Crippen molar-refractivity contribution in [3.63, 3.8) is 0 Å².